The summed E-state index contributed by atoms with van der Waals surface area (Å²) in [7, 11) is 0. The lowest BCUT2D eigenvalue weighted by Gasteiger charge is -2.24. The summed E-state index contributed by atoms with van der Waals surface area (Å²) >= 11 is 0. The fourth-order valence-corrected chi connectivity index (χ4v) is 1.65. The number of alkyl halides is 3. The van der Waals surface area contributed by atoms with Crippen molar-refractivity contribution < 1.29 is 27.6 Å². The molecule has 19 heavy (non-hydrogen) atoms. The Labute approximate surface area is 104 Å². The summed E-state index contributed by atoms with van der Waals surface area (Å²) in [5.41, 5.74) is 2.97. The number of nitro benzene ring substituents is 1. The fraction of sp³-hybridized carbons (Fsp3) is 0.222. The van der Waals surface area contributed by atoms with Crippen molar-refractivity contribution in [1.82, 2.24) is 0 Å². The maximum Gasteiger partial charge on any atom is 0.543 e. The molecule has 0 amide bonds. The number of aryl methyl sites for hydroxylation is 1. The van der Waals surface area contributed by atoms with Gasteiger partial charge in [-0.3, -0.25) is 15.3 Å². The van der Waals surface area contributed by atoms with Crippen LogP contribution in [0, 0.1) is 17.0 Å². The maximum atomic E-state index is 12.2. The molecule has 0 N–H and O–H groups in total. The molecule has 1 aromatic rings. The van der Waals surface area contributed by atoms with E-state index in [0.717, 1.165) is 0 Å². The lowest BCUT2D eigenvalue weighted by Crippen LogP contribution is -2.26. The first-order valence-corrected chi connectivity index (χ1v) is 4.86. The highest BCUT2D eigenvalue weighted by atomic mass is 19.4. The molecule has 0 aromatic heterocycles. The maximum absolute atomic E-state index is 12.2. The summed E-state index contributed by atoms with van der Waals surface area (Å²) in [4.78, 5) is 13.8. The van der Waals surface area contributed by atoms with Gasteiger partial charge < -0.3 is 5.53 Å². The van der Waals surface area contributed by atoms with Crippen molar-refractivity contribution in [2.45, 2.75) is 13.3 Å². The van der Waals surface area contributed by atoms with E-state index in [2.05, 4.69) is 17.1 Å². The van der Waals surface area contributed by atoms with Gasteiger partial charge in [0, 0.05) is 6.07 Å². The number of nitro groups is 1. The second-order valence-electron chi connectivity index (χ2n) is 3.71. The van der Waals surface area contributed by atoms with Gasteiger partial charge in [-0.05, 0) is 18.6 Å². The lowest BCUT2D eigenvalue weighted by atomic mass is 10.1. The number of hydrogen-bond donors (Lipinski definition) is 0. The van der Waals surface area contributed by atoms with Crippen molar-refractivity contribution in [3.05, 3.63) is 33.3 Å². The van der Waals surface area contributed by atoms with E-state index in [1.54, 1.807) is 0 Å². The van der Waals surface area contributed by atoms with E-state index in [1.807, 2.05) is 0 Å². The molecule has 0 radical (unpaired) electrons. The molecule has 10 heteroatoms. The number of nitrogens with zero attached hydrogens (tertiary/aromatic N) is 4. The Morgan fingerprint density at radius 2 is 2.16 bits per heavy atom. The van der Waals surface area contributed by atoms with E-state index >= 15 is 0 Å². The number of halogens is 3. The summed E-state index contributed by atoms with van der Waals surface area (Å²) in [6.07, 6.45) is -4.97. The molecule has 0 atom stereocenters. The zero-order chi connectivity index (χ0) is 14.4. The molecular weight excluding hydrogens is 269 g/mol. The van der Waals surface area contributed by atoms with Gasteiger partial charge in [-0.25, -0.2) is 4.68 Å². The highest BCUT2D eigenvalue weighted by Gasteiger charge is 2.39. The predicted molar refractivity (Wildman–Crippen MR) is 57.9 cm³/mol. The minimum atomic E-state index is -4.97. The lowest BCUT2D eigenvalue weighted by molar-refractivity contribution is -0.419. The first kappa shape index (κ1) is 13.1. The van der Waals surface area contributed by atoms with Crippen LogP contribution in [0.2, 0.25) is 0 Å². The van der Waals surface area contributed by atoms with Gasteiger partial charge in [-0.1, -0.05) is 0 Å². The average Bonchev–Trinajstić information content (AvgIpc) is 2.52. The van der Waals surface area contributed by atoms with Gasteiger partial charge in [0.15, 0.2) is 0 Å². The molecule has 0 aliphatic carbocycles. The topological polar surface area (TPSA) is 72.7 Å². The Kier molecular flexibility index (Phi) is 2.81. The largest absolute Gasteiger partial charge is 0.543 e. The third-order valence-corrected chi connectivity index (χ3v) is 2.25. The smallest absolute Gasteiger partial charge is 0.313 e. The number of benzene rings is 1. The van der Waals surface area contributed by atoms with Gasteiger partial charge >= 0.3 is 17.7 Å². The molecule has 102 valence electrons. The van der Waals surface area contributed by atoms with Gasteiger partial charge in [0.1, 0.15) is 12.4 Å². The monoisotopic (exact) mass is 276 g/mol. The van der Waals surface area contributed by atoms with Crippen molar-refractivity contribution >= 4 is 23.8 Å². The van der Waals surface area contributed by atoms with Gasteiger partial charge in [0.05, 0.1) is 4.92 Å². The molecule has 0 saturated carbocycles. The molecule has 7 nitrogen and oxygen atoms in total. The summed E-state index contributed by atoms with van der Waals surface area (Å²) in [6, 6.07) is 2.49. The Hall–Kier alpha value is -2.36. The number of rotatable bonds is 2. The molecule has 0 saturated heterocycles. The van der Waals surface area contributed by atoms with Crippen LogP contribution in [0.4, 0.5) is 30.2 Å². The van der Waals surface area contributed by atoms with Gasteiger partial charge in [0.25, 0.3) is 0 Å². The average molecular weight is 276 g/mol. The summed E-state index contributed by atoms with van der Waals surface area (Å²) in [5.74, 6) is 0. The predicted octanol–water partition coefficient (Wildman–Crippen LogP) is 2.72. The highest BCUT2D eigenvalue weighted by molar-refractivity contribution is 5.76. The fourth-order valence-electron chi connectivity index (χ4n) is 1.65. The molecule has 0 unspecified atom stereocenters. The molecular formula is C9H7F3N4O3. The van der Waals surface area contributed by atoms with E-state index in [-0.39, 0.29) is 16.5 Å². The van der Waals surface area contributed by atoms with Gasteiger partial charge in [-0.2, -0.15) is 4.84 Å². The van der Waals surface area contributed by atoms with Crippen molar-refractivity contribution in [3.63, 3.8) is 0 Å². The van der Waals surface area contributed by atoms with Crippen LogP contribution in [0.5, 0.6) is 0 Å². The zero-order valence-electron chi connectivity index (χ0n) is 9.51. The third-order valence-electron chi connectivity index (χ3n) is 2.25. The summed E-state index contributed by atoms with van der Waals surface area (Å²) < 4.78 is 37.3. The van der Waals surface area contributed by atoms with Crippen LogP contribution in [-0.4, -0.2) is 22.7 Å². The van der Waals surface area contributed by atoms with Crippen molar-refractivity contribution in [3.8, 4) is 0 Å². The molecule has 0 bridgehead atoms. The van der Waals surface area contributed by atoms with E-state index in [4.69, 9.17) is 0 Å². The molecule has 1 aliphatic rings. The molecule has 2 rings (SSSR count). The van der Waals surface area contributed by atoms with E-state index in [0.29, 0.717) is 10.2 Å². The number of fused-ring (bicyclic) bond motifs is 1. The zero-order valence-corrected chi connectivity index (χ0v) is 9.51. The van der Waals surface area contributed by atoms with Crippen molar-refractivity contribution in [1.29, 1.82) is 0 Å². The van der Waals surface area contributed by atoms with Crippen LogP contribution in [0.3, 0.4) is 0 Å². The Morgan fingerprint density at radius 1 is 1.53 bits per heavy atom. The molecule has 1 heterocycles. The number of hydrogen-bond acceptors (Lipinski definition) is 4. The minimum absolute atomic E-state index is 0.155. The third kappa shape index (κ3) is 2.42. The highest BCUT2D eigenvalue weighted by Crippen LogP contribution is 2.46. The van der Waals surface area contributed by atoms with E-state index in [9.17, 15) is 23.3 Å². The molecule has 0 spiro atoms. The normalized spacial score (nSPS) is 14.3. The standard InChI is InChI=1S/C9H7F3N4O3/c1-5-3-6-8(7(4-5)16(17)18)14(2)13-15(6)19-9(10,11)12/h3-4H,2H2,1H3. The SMILES string of the molecule is C=[N+]1[N-]N(OC(F)(F)F)c2cc(C)cc([N+](=O)[O-])c21. The van der Waals surface area contributed by atoms with Crippen LogP contribution >= 0.6 is 0 Å². The van der Waals surface area contributed by atoms with Gasteiger partial charge in [0.2, 0.25) is 0 Å². The first-order chi connectivity index (χ1) is 8.69. The Morgan fingerprint density at radius 3 is 2.68 bits per heavy atom. The van der Waals surface area contributed by atoms with Crippen molar-refractivity contribution in [2.75, 3.05) is 5.17 Å². The van der Waals surface area contributed by atoms with E-state index < -0.39 is 17.0 Å². The molecule has 0 fully saturated rings. The second kappa shape index (κ2) is 4.09. The first-order valence-electron chi connectivity index (χ1n) is 4.86. The Bertz CT molecular complexity index is 573. The van der Waals surface area contributed by atoms with Crippen LogP contribution < -0.4 is 5.17 Å². The Balaban J connectivity index is 2.53. The van der Waals surface area contributed by atoms with Crippen LogP contribution in [0.25, 0.3) is 5.53 Å². The van der Waals surface area contributed by atoms with Crippen LogP contribution in [0.1, 0.15) is 5.56 Å². The second-order valence-corrected chi connectivity index (χ2v) is 3.71. The van der Waals surface area contributed by atoms with Crippen LogP contribution in [-0.2, 0) is 4.84 Å². The summed E-state index contributed by atoms with van der Waals surface area (Å²) in [6.45, 7) is 4.81. The molecule has 1 aliphatic heterocycles. The minimum Gasteiger partial charge on any atom is -0.313 e. The molecule has 1 aromatic carbocycles. The van der Waals surface area contributed by atoms with Gasteiger partial charge in [-0.15, -0.1) is 13.2 Å². The number of anilines is 1. The van der Waals surface area contributed by atoms with Crippen LogP contribution in [0.15, 0.2) is 12.1 Å². The quantitative estimate of drug-likeness (QED) is 0.473. The van der Waals surface area contributed by atoms with Crippen molar-refractivity contribution in [2.24, 2.45) is 0 Å². The van der Waals surface area contributed by atoms with E-state index in [1.165, 1.54) is 19.1 Å². The summed E-state index contributed by atoms with van der Waals surface area (Å²) in [5, 5.41) is 11.0.